The number of rotatable bonds is 5. The minimum Gasteiger partial charge on any atom is -0.481 e. The molecule has 0 radical (unpaired) electrons. The molecule has 6 heteroatoms. The van der Waals surface area contributed by atoms with Gasteiger partial charge in [0.05, 0.1) is 18.4 Å². The maximum absolute atomic E-state index is 5.44. The summed E-state index contributed by atoms with van der Waals surface area (Å²) in [6.45, 7) is 4.83. The number of nitrogens with zero attached hydrogens (tertiary/aromatic N) is 4. The Morgan fingerprint density at radius 3 is 3.00 bits per heavy atom. The number of hydrogen-bond donors (Lipinski definition) is 1. The van der Waals surface area contributed by atoms with Gasteiger partial charge in [0.2, 0.25) is 5.88 Å². The number of ether oxygens (including phenoxy) is 1. The third kappa shape index (κ3) is 2.92. The van der Waals surface area contributed by atoms with E-state index in [-0.39, 0.29) is 0 Å². The maximum atomic E-state index is 5.44. The van der Waals surface area contributed by atoms with Gasteiger partial charge < -0.3 is 15.0 Å². The summed E-state index contributed by atoms with van der Waals surface area (Å²) in [6, 6.07) is 6.52. The van der Waals surface area contributed by atoms with Gasteiger partial charge in [0.1, 0.15) is 5.82 Å². The van der Waals surface area contributed by atoms with Crippen LogP contribution in [0.25, 0.3) is 0 Å². The molecule has 1 atom stereocenters. The lowest BCUT2D eigenvalue weighted by Crippen LogP contribution is -2.32. The zero-order valence-electron chi connectivity index (χ0n) is 13.4. The summed E-state index contributed by atoms with van der Waals surface area (Å²) in [5, 5.41) is 8.04. The predicted molar refractivity (Wildman–Crippen MR) is 86.2 cm³/mol. The molecule has 22 heavy (non-hydrogen) atoms. The van der Waals surface area contributed by atoms with E-state index in [1.165, 1.54) is 0 Å². The fourth-order valence-electron chi connectivity index (χ4n) is 3.06. The van der Waals surface area contributed by atoms with Crippen LogP contribution in [-0.4, -0.2) is 41.0 Å². The van der Waals surface area contributed by atoms with E-state index in [9.17, 15) is 0 Å². The van der Waals surface area contributed by atoms with Gasteiger partial charge in [-0.05, 0) is 25.5 Å². The second-order valence-electron chi connectivity index (χ2n) is 5.70. The van der Waals surface area contributed by atoms with Gasteiger partial charge >= 0.3 is 0 Å². The Hall–Kier alpha value is -2.08. The topological polar surface area (TPSA) is 55.2 Å². The van der Waals surface area contributed by atoms with Crippen LogP contribution < -0.4 is 15.0 Å². The Morgan fingerprint density at radius 2 is 2.27 bits per heavy atom. The van der Waals surface area contributed by atoms with Crippen molar-refractivity contribution in [3.05, 3.63) is 35.7 Å². The molecule has 1 aliphatic heterocycles. The summed E-state index contributed by atoms with van der Waals surface area (Å²) >= 11 is 0. The first-order valence-electron chi connectivity index (χ1n) is 7.65. The zero-order chi connectivity index (χ0) is 15.5. The smallest absolute Gasteiger partial charge is 0.216 e. The fourth-order valence-corrected chi connectivity index (χ4v) is 3.06. The minimum absolute atomic E-state index is 0.464. The average molecular weight is 301 g/mol. The fraction of sp³-hybridized carbons (Fsp3) is 0.500. The van der Waals surface area contributed by atoms with Crippen molar-refractivity contribution in [3.8, 4) is 5.88 Å². The number of nitrogens with one attached hydrogen (secondary N) is 1. The van der Waals surface area contributed by atoms with Crippen LogP contribution in [0.3, 0.4) is 0 Å². The third-order valence-electron chi connectivity index (χ3n) is 4.21. The Labute approximate surface area is 131 Å². The van der Waals surface area contributed by atoms with Crippen LogP contribution in [0.4, 0.5) is 5.82 Å². The average Bonchev–Trinajstić information content (AvgIpc) is 3.10. The van der Waals surface area contributed by atoms with Crippen molar-refractivity contribution in [1.82, 2.24) is 20.1 Å². The van der Waals surface area contributed by atoms with Crippen molar-refractivity contribution < 1.29 is 4.74 Å². The van der Waals surface area contributed by atoms with Crippen molar-refractivity contribution >= 4 is 5.82 Å². The zero-order valence-corrected chi connectivity index (χ0v) is 13.4. The Balaban J connectivity index is 1.60. The second kappa shape index (κ2) is 6.36. The van der Waals surface area contributed by atoms with Gasteiger partial charge in [0, 0.05) is 38.9 Å². The standard InChI is InChI=1S/C16H23N5O/c1-12-14(16(22-3)20(2)19-12)10-18-13-7-9-21(11-13)15-6-4-5-8-17-15/h4-6,8,13,18H,7,9-11H2,1-3H3/t13-/m1/s1. The van der Waals surface area contributed by atoms with Crippen molar-refractivity contribution in [1.29, 1.82) is 0 Å². The number of aryl methyl sites for hydroxylation is 2. The van der Waals surface area contributed by atoms with Crippen LogP contribution in [0.15, 0.2) is 24.4 Å². The molecule has 0 aromatic carbocycles. The van der Waals surface area contributed by atoms with Crippen LogP contribution >= 0.6 is 0 Å². The van der Waals surface area contributed by atoms with E-state index in [1.54, 1.807) is 11.8 Å². The molecule has 0 saturated carbocycles. The normalized spacial score (nSPS) is 18.0. The van der Waals surface area contributed by atoms with Crippen LogP contribution in [0.5, 0.6) is 5.88 Å². The first kappa shape index (κ1) is 14.8. The molecule has 1 saturated heterocycles. The highest BCUT2D eigenvalue weighted by molar-refractivity contribution is 5.39. The number of methoxy groups -OCH3 is 1. The van der Waals surface area contributed by atoms with Crippen LogP contribution in [0.1, 0.15) is 17.7 Å². The second-order valence-corrected chi connectivity index (χ2v) is 5.70. The molecule has 0 amide bonds. The van der Waals surface area contributed by atoms with E-state index in [4.69, 9.17) is 4.74 Å². The predicted octanol–water partition coefficient (Wildman–Crippen LogP) is 1.50. The monoisotopic (exact) mass is 301 g/mol. The Bertz CT molecular complexity index is 625. The molecule has 1 fully saturated rings. The summed E-state index contributed by atoms with van der Waals surface area (Å²) < 4.78 is 7.24. The van der Waals surface area contributed by atoms with Crippen LogP contribution in [0.2, 0.25) is 0 Å². The van der Waals surface area contributed by atoms with Crippen molar-refractivity contribution in [2.75, 3.05) is 25.1 Å². The van der Waals surface area contributed by atoms with E-state index in [0.717, 1.165) is 49.0 Å². The van der Waals surface area contributed by atoms with Gasteiger partial charge in [0.15, 0.2) is 0 Å². The van der Waals surface area contributed by atoms with Crippen LogP contribution in [-0.2, 0) is 13.6 Å². The molecule has 0 spiro atoms. The summed E-state index contributed by atoms with van der Waals surface area (Å²) in [6.07, 6.45) is 2.97. The molecule has 2 aromatic rings. The van der Waals surface area contributed by atoms with Gasteiger partial charge in [-0.2, -0.15) is 5.10 Å². The van der Waals surface area contributed by atoms with E-state index in [1.807, 2.05) is 32.3 Å². The quantitative estimate of drug-likeness (QED) is 0.907. The highest BCUT2D eigenvalue weighted by atomic mass is 16.5. The highest BCUT2D eigenvalue weighted by Crippen LogP contribution is 2.22. The van der Waals surface area contributed by atoms with E-state index in [0.29, 0.717) is 6.04 Å². The van der Waals surface area contributed by atoms with Crippen molar-refractivity contribution in [2.24, 2.45) is 7.05 Å². The molecule has 0 bridgehead atoms. The molecule has 3 heterocycles. The lowest BCUT2D eigenvalue weighted by molar-refractivity contribution is 0.367. The minimum atomic E-state index is 0.464. The molecular formula is C16H23N5O. The Morgan fingerprint density at radius 1 is 1.41 bits per heavy atom. The summed E-state index contributed by atoms with van der Waals surface area (Å²) in [5.41, 5.74) is 2.16. The lowest BCUT2D eigenvalue weighted by atomic mass is 10.2. The summed E-state index contributed by atoms with van der Waals surface area (Å²) in [4.78, 5) is 6.75. The molecule has 0 unspecified atom stereocenters. The van der Waals surface area contributed by atoms with Gasteiger partial charge in [-0.15, -0.1) is 0 Å². The first-order valence-corrected chi connectivity index (χ1v) is 7.65. The van der Waals surface area contributed by atoms with Crippen molar-refractivity contribution in [2.45, 2.75) is 25.9 Å². The summed E-state index contributed by atoms with van der Waals surface area (Å²) in [7, 11) is 3.60. The molecule has 118 valence electrons. The first-order chi connectivity index (χ1) is 10.7. The molecule has 3 rings (SSSR count). The van der Waals surface area contributed by atoms with Gasteiger partial charge in [-0.3, -0.25) is 0 Å². The highest BCUT2D eigenvalue weighted by Gasteiger charge is 2.24. The Kier molecular flexibility index (Phi) is 4.29. The molecule has 0 aliphatic carbocycles. The lowest BCUT2D eigenvalue weighted by Gasteiger charge is -2.17. The van der Waals surface area contributed by atoms with Gasteiger partial charge in [-0.1, -0.05) is 6.07 Å². The SMILES string of the molecule is COc1c(CN[C@@H]2CCN(c3ccccn3)C2)c(C)nn1C. The molecule has 2 aromatic heterocycles. The molecule has 1 aliphatic rings. The van der Waals surface area contributed by atoms with Crippen molar-refractivity contribution in [3.63, 3.8) is 0 Å². The van der Waals surface area contributed by atoms with E-state index in [2.05, 4.69) is 26.4 Å². The van der Waals surface area contributed by atoms with Crippen LogP contribution in [0, 0.1) is 6.92 Å². The molecular weight excluding hydrogens is 278 g/mol. The number of aromatic nitrogens is 3. The van der Waals surface area contributed by atoms with E-state index >= 15 is 0 Å². The maximum Gasteiger partial charge on any atom is 0.216 e. The largest absolute Gasteiger partial charge is 0.481 e. The number of hydrogen-bond acceptors (Lipinski definition) is 5. The summed E-state index contributed by atoms with van der Waals surface area (Å²) in [5.74, 6) is 1.89. The van der Waals surface area contributed by atoms with Gasteiger partial charge in [-0.25, -0.2) is 9.67 Å². The third-order valence-corrected chi connectivity index (χ3v) is 4.21. The van der Waals surface area contributed by atoms with Gasteiger partial charge in [0.25, 0.3) is 0 Å². The number of pyridine rings is 1. The van der Waals surface area contributed by atoms with E-state index < -0.39 is 0 Å². The number of anilines is 1. The molecule has 1 N–H and O–H groups in total. The molecule has 6 nitrogen and oxygen atoms in total.